The number of hydrogen-bond donors (Lipinski definition) is 1. The number of benzene rings is 1. The molecule has 23 heavy (non-hydrogen) atoms. The summed E-state index contributed by atoms with van der Waals surface area (Å²) in [5.41, 5.74) is 7.76. The maximum Gasteiger partial charge on any atom is 0.247 e. The highest BCUT2D eigenvalue weighted by molar-refractivity contribution is 6.31. The molecule has 0 bridgehead atoms. The molecule has 2 heterocycles. The van der Waals surface area contributed by atoms with Crippen LogP contribution in [0, 0.1) is 0 Å². The third-order valence-electron chi connectivity index (χ3n) is 4.58. The van der Waals surface area contributed by atoms with Crippen LogP contribution in [-0.2, 0) is 16.1 Å². The van der Waals surface area contributed by atoms with Crippen molar-refractivity contribution in [1.29, 1.82) is 0 Å². The number of nitrogens with zero attached hydrogens (tertiary/aromatic N) is 2. The fourth-order valence-electron chi connectivity index (χ4n) is 3.51. The Hall–Kier alpha value is -1.30. The van der Waals surface area contributed by atoms with Gasteiger partial charge in [-0.1, -0.05) is 17.7 Å². The lowest BCUT2D eigenvalue weighted by molar-refractivity contribution is -0.142. The topological polar surface area (TPSA) is 58.8 Å². The molecule has 0 aromatic heterocycles. The summed E-state index contributed by atoms with van der Waals surface area (Å²) in [5.74, 6) is -0.402. The highest BCUT2D eigenvalue weighted by Gasteiger charge is 2.30. The van der Waals surface area contributed by atoms with Gasteiger partial charge in [0.15, 0.2) is 0 Å². The summed E-state index contributed by atoms with van der Waals surface area (Å²) in [7, 11) is 0. The van der Waals surface area contributed by atoms with Gasteiger partial charge in [-0.25, -0.2) is 0 Å². The second-order valence-electron chi connectivity index (χ2n) is 6.46. The average Bonchev–Trinajstić information content (AvgIpc) is 3.03. The van der Waals surface area contributed by atoms with E-state index in [4.69, 9.17) is 22.1 Å². The van der Waals surface area contributed by atoms with Crippen molar-refractivity contribution in [3.05, 3.63) is 28.8 Å². The van der Waals surface area contributed by atoms with E-state index in [1.54, 1.807) is 0 Å². The molecule has 1 aromatic carbocycles. The molecule has 1 aromatic rings. The van der Waals surface area contributed by atoms with Gasteiger partial charge in [-0.2, -0.15) is 0 Å². The molecule has 3 rings (SSSR count). The molecule has 126 valence electrons. The quantitative estimate of drug-likeness (QED) is 0.913. The second kappa shape index (κ2) is 7.07. The molecule has 6 heteroatoms. The van der Waals surface area contributed by atoms with Gasteiger partial charge in [0.1, 0.15) is 6.10 Å². The molecule has 0 saturated carbocycles. The van der Waals surface area contributed by atoms with Crippen LogP contribution in [0.5, 0.6) is 0 Å². The molecule has 2 aliphatic heterocycles. The zero-order valence-electron chi connectivity index (χ0n) is 13.5. The monoisotopic (exact) mass is 337 g/mol. The smallest absolute Gasteiger partial charge is 0.247 e. The van der Waals surface area contributed by atoms with Crippen LogP contribution in [0.25, 0.3) is 0 Å². The number of primary amides is 1. The van der Waals surface area contributed by atoms with Gasteiger partial charge in [0.2, 0.25) is 5.91 Å². The normalized spacial score (nSPS) is 25.7. The maximum absolute atomic E-state index is 11.5. The van der Waals surface area contributed by atoms with Crippen LogP contribution in [-0.4, -0.2) is 49.2 Å². The summed E-state index contributed by atoms with van der Waals surface area (Å²) in [4.78, 5) is 16.1. The van der Waals surface area contributed by atoms with Crippen LogP contribution in [0.2, 0.25) is 5.02 Å². The first kappa shape index (κ1) is 16.6. The number of morpholine rings is 1. The minimum atomic E-state index is -0.545. The van der Waals surface area contributed by atoms with Crippen LogP contribution < -0.4 is 10.6 Å². The standard InChI is InChI=1S/C17H24ClN3O2/c1-12-9-20(11-16(23-12)17(19)22)10-13-14(18)5-4-6-15(13)21-7-2-3-8-21/h4-6,12,16H,2-3,7-11H2,1H3,(H2,19,22)/t12-,16-/m1/s1. The van der Waals surface area contributed by atoms with Crippen LogP contribution in [0.3, 0.4) is 0 Å². The number of hydrogen-bond acceptors (Lipinski definition) is 4. The van der Waals surface area contributed by atoms with Gasteiger partial charge in [-0.3, -0.25) is 9.69 Å². The van der Waals surface area contributed by atoms with Crippen molar-refractivity contribution in [3.63, 3.8) is 0 Å². The first-order valence-electron chi connectivity index (χ1n) is 8.24. The predicted octanol–water partition coefficient (Wildman–Crippen LogP) is 2.01. The molecule has 0 aliphatic carbocycles. The number of ether oxygens (including phenoxy) is 1. The third kappa shape index (κ3) is 3.79. The molecule has 0 radical (unpaired) electrons. The van der Waals surface area contributed by atoms with Gasteiger partial charge in [0, 0.05) is 49.0 Å². The SMILES string of the molecule is C[C@@H]1CN(Cc2c(Cl)cccc2N2CCCC2)C[C@H](C(N)=O)O1. The summed E-state index contributed by atoms with van der Waals surface area (Å²) < 4.78 is 5.62. The Balaban J connectivity index is 1.80. The zero-order valence-corrected chi connectivity index (χ0v) is 14.3. The van der Waals surface area contributed by atoms with E-state index in [2.05, 4.69) is 15.9 Å². The molecule has 1 amide bonds. The van der Waals surface area contributed by atoms with Gasteiger partial charge < -0.3 is 15.4 Å². The summed E-state index contributed by atoms with van der Waals surface area (Å²) in [6.45, 7) is 6.13. The van der Waals surface area contributed by atoms with Crippen molar-refractivity contribution in [2.45, 2.75) is 38.5 Å². The van der Waals surface area contributed by atoms with E-state index in [-0.39, 0.29) is 6.10 Å². The van der Waals surface area contributed by atoms with Crippen molar-refractivity contribution in [1.82, 2.24) is 4.90 Å². The molecule has 0 spiro atoms. The molecule has 2 aliphatic rings. The lowest BCUT2D eigenvalue weighted by Crippen LogP contribution is -2.51. The Kier molecular flexibility index (Phi) is 5.09. The van der Waals surface area contributed by atoms with E-state index >= 15 is 0 Å². The van der Waals surface area contributed by atoms with E-state index in [1.165, 1.54) is 18.5 Å². The van der Waals surface area contributed by atoms with Crippen LogP contribution in [0.15, 0.2) is 18.2 Å². The molecule has 2 atom stereocenters. The highest BCUT2D eigenvalue weighted by Crippen LogP contribution is 2.31. The summed E-state index contributed by atoms with van der Waals surface area (Å²) in [6.07, 6.45) is 1.89. The Bertz CT molecular complexity index is 575. The first-order chi connectivity index (χ1) is 11.0. The highest BCUT2D eigenvalue weighted by atomic mass is 35.5. The Labute approximate surface area is 142 Å². The molecule has 5 nitrogen and oxygen atoms in total. The van der Waals surface area contributed by atoms with Crippen LogP contribution >= 0.6 is 11.6 Å². The summed E-state index contributed by atoms with van der Waals surface area (Å²) in [5, 5.41) is 0.782. The lowest BCUT2D eigenvalue weighted by Gasteiger charge is -2.36. The zero-order chi connectivity index (χ0) is 16.4. The van der Waals surface area contributed by atoms with Gasteiger partial charge in [0.25, 0.3) is 0 Å². The average molecular weight is 338 g/mol. The van der Waals surface area contributed by atoms with E-state index in [1.807, 2.05) is 19.1 Å². The number of rotatable bonds is 4. The van der Waals surface area contributed by atoms with Crippen molar-refractivity contribution in [3.8, 4) is 0 Å². The fourth-order valence-corrected chi connectivity index (χ4v) is 3.74. The summed E-state index contributed by atoms with van der Waals surface area (Å²) in [6, 6.07) is 6.08. The Morgan fingerprint density at radius 1 is 1.35 bits per heavy atom. The minimum Gasteiger partial charge on any atom is -0.371 e. The largest absolute Gasteiger partial charge is 0.371 e. The number of amides is 1. The van der Waals surface area contributed by atoms with Gasteiger partial charge in [-0.05, 0) is 31.9 Å². The number of carbonyl (C=O) groups is 1. The van der Waals surface area contributed by atoms with Gasteiger partial charge >= 0.3 is 0 Å². The third-order valence-corrected chi connectivity index (χ3v) is 4.93. The molecular weight excluding hydrogens is 314 g/mol. The number of halogens is 1. The number of nitrogens with two attached hydrogens (primary N) is 1. The van der Waals surface area contributed by atoms with Gasteiger partial charge in [-0.15, -0.1) is 0 Å². The molecular formula is C17H24ClN3O2. The molecule has 0 unspecified atom stereocenters. The second-order valence-corrected chi connectivity index (χ2v) is 6.87. The van der Waals surface area contributed by atoms with E-state index in [0.717, 1.165) is 30.2 Å². The maximum atomic E-state index is 11.5. The van der Waals surface area contributed by atoms with Crippen molar-refractivity contribution in [2.24, 2.45) is 5.73 Å². The lowest BCUT2D eigenvalue weighted by atomic mass is 10.1. The summed E-state index contributed by atoms with van der Waals surface area (Å²) >= 11 is 6.49. The minimum absolute atomic E-state index is 0.0148. The van der Waals surface area contributed by atoms with Crippen molar-refractivity contribution >= 4 is 23.2 Å². The first-order valence-corrected chi connectivity index (χ1v) is 8.62. The Morgan fingerprint density at radius 2 is 2.09 bits per heavy atom. The van der Waals surface area contributed by atoms with E-state index in [9.17, 15) is 4.79 Å². The van der Waals surface area contributed by atoms with E-state index < -0.39 is 12.0 Å². The van der Waals surface area contributed by atoms with Crippen molar-refractivity contribution < 1.29 is 9.53 Å². The fraction of sp³-hybridized carbons (Fsp3) is 0.588. The molecule has 2 fully saturated rings. The van der Waals surface area contributed by atoms with Crippen molar-refractivity contribution in [2.75, 3.05) is 31.1 Å². The number of carbonyl (C=O) groups excluding carboxylic acids is 1. The predicted molar refractivity (Wildman–Crippen MR) is 91.7 cm³/mol. The number of anilines is 1. The van der Waals surface area contributed by atoms with E-state index in [0.29, 0.717) is 13.1 Å². The van der Waals surface area contributed by atoms with Crippen LogP contribution in [0.4, 0.5) is 5.69 Å². The molecule has 2 N–H and O–H groups in total. The van der Waals surface area contributed by atoms with Gasteiger partial charge in [0.05, 0.1) is 6.10 Å². The Morgan fingerprint density at radius 3 is 2.78 bits per heavy atom. The molecule has 2 saturated heterocycles. The van der Waals surface area contributed by atoms with Crippen LogP contribution in [0.1, 0.15) is 25.3 Å².